The molecule has 6 heteroatoms. The molecule has 2 aromatic rings. The van der Waals surface area contributed by atoms with Gasteiger partial charge in [0.1, 0.15) is 6.04 Å². The smallest absolute Gasteiger partial charge is 0.290 e. The minimum atomic E-state index is -0.391. The molecule has 0 spiro atoms. The minimum absolute atomic E-state index is 0.00444. The summed E-state index contributed by atoms with van der Waals surface area (Å²) in [5.74, 6) is 0.0863. The SMILES string of the molecule is Cc1ccsc1CN(C)C(=O)C1CCCN1C(=O)c1ccco1. The molecule has 3 rings (SSSR count). The number of carbonyl (C=O) groups is 2. The highest BCUT2D eigenvalue weighted by Crippen LogP contribution is 2.24. The Bertz CT molecular complexity index is 693. The molecular weight excluding hydrogens is 312 g/mol. The van der Waals surface area contributed by atoms with E-state index in [-0.39, 0.29) is 11.8 Å². The summed E-state index contributed by atoms with van der Waals surface area (Å²) in [6.07, 6.45) is 3.03. The molecule has 1 atom stereocenters. The molecule has 0 radical (unpaired) electrons. The fourth-order valence-corrected chi connectivity index (χ4v) is 3.88. The molecule has 1 fully saturated rings. The summed E-state index contributed by atoms with van der Waals surface area (Å²) >= 11 is 1.65. The van der Waals surface area contributed by atoms with Crippen molar-refractivity contribution in [3.05, 3.63) is 46.0 Å². The van der Waals surface area contributed by atoms with Crippen LogP contribution in [0.1, 0.15) is 33.8 Å². The van der Waals surface area contributed by atoms with Crippen LogP contribution in [0.4, 0.5) is 0 Å². The lowest BCUT2D eigenvalue weighted by molar-refractivity contribution is -0.134. The van der Waals surface area contributed by atoms with Crippen molar-refractivity contribution < 1.29 is 14.0 Å². The van der Waals surface area contributed by atoms with Gasteiger partial charge in [0, 0.05) is 18.5 Å². The molecule has 2 amide bonds. The van der Waals surface area contributed by atoms with Crippen molar-refractivity contribution in [2.75, 3.05) is 13.6 Å². The molecule has 122 valence electrons. The van der Waals surface area contributed by atoms with Crippen LogP contribution in [0.3, 0.4) is 0 Å². The van der Waals surface area contributed by atoms with E-state index in [1.54, 1.807) is 40.3 Å². The second-order valence-electron chi connectivity index (χ2n) is 5.85. The van der Waals surface area contributed by atoms with E-state index >= 15 is 0 Å². The highest BCUT2D eigenvalue weighted by Gasteiger charge is 2.37. The number of aryl methyl sites for hydroxylation is 1. The zero-order valence-corrected chi connectivity index (χ0v) is 14.1. The normalized spacial score (nSPS) is 17.5. The van der Waals surface area contributed by atoms with E-state index < -0.39 is 6.04 Å². The highest BCUT2D eigenvalue weighted by atomic mass is 32.1. The van der Waals surface area contributed by atoms with Gasteiger partial charge in [0.2, 0.25) is 5.91 Å². The summed E-state index contributed by atoms with van der Waals surface area (Å²) in [6.45, 7) is 3.23. The fourth-order valence-electron chi connectivity index (χ4n) is 2.92. The van der Waals surface area contributed by atoms with Gasteiger partial charge < -0.3 is 14.2 Å². The third kappa shape index (κ3) is 3.17. The van der Waals surface area contributed by atoms with E-state index in [0.717, 1.165) is 6.42 Å². The molecule has 5 nitrogen and oxygen atoms in total. The highest BCUT2D eigenvalue weighted by molar-refractivity contribution is 7.10. The first-order chi connectivity index (χ1) is 11.1. The number of hydrogen-bond donors (Lipinski definition) is 0. The molecule has 0 saturated carbocycles. The van der Waals surface area contributed by atoms with Gasteiger partial charge in [-0.05, 0) is 48.9 Å². The monoisotopic (exact) mass is 332 g/mol. The van der Waals surface area contributed by atoms with Crippen LogP contribution in [0.5, 0.6) is 0 Å². The van der Waals surface area contributed by atoms with Crippen LogP contribution in [0, 0.1) is 6.92 Å². The van der Waals surface area contributed by atoms with Crippen molar-refractivity contribution in [1.29, 1.82) is 0 Å². The van der Waals surface area contributed by atoms with Gasteiger partial charge in [-0.25, -0.2) is 0 Å². The van der Waals surface area contributed by atoms with Crippen LogP contribution >= 0.6 is 11.3 Å². The van der Waals surface area contributed by atoms with Crippen molar-refractivity contribution in [1.82, 2.24) is 9.80 Å². The van der Waals surface area contributed by atoms with Crippen molar-refractivity contribution >= 4 is 23.2 Å². The Hall–Kier alpha value is -2.08. The fraction of sp³-hybridized carbons (Fsp3) is 0.412. The van der Waals surface area contributed by atoms with Crippen LogP contribution in [-0.4, -0.2) is 41.2 Å². The van der Waals surface area contributed by atoms with Gasteiger partial charge in [0.25, 0.3) is 5.91 Å². The second-order valence-corrected chi connectivity index (χ2v) is 6.86. The number of furan rings is 1. The molecule has 1 unspecified atom stereocenters. The summed E-state index contributed by atoms with van der Waals surface area (Å²) in [5.41, 5.74) is 1.20. The van der Waals surface area contributed by atoms with Gasteiger partial charge >= 0.3 is 0 Å². The maximum Gasteiger partial charge on any atom is 0.290 e. The number of likely N-dealkylation sites (tertiary alicyclic amines) is 1. The third-order valence-electron chi connectivity index (χ3n) is 4.26. The number of hydrogen-bond acceptors (Lipinski definition) is 4. The molecule has 3 heterocycles. The molecule has 23 heavy (non-hydrogen) atoms. The summed E-state index contributed by atoms with van der Waals surface area (Å²) in [6, 6.07) is 4.99. The molecule has 0 aromatic carbocycles. The number of rotatable bonds is 4. The van der Waals surface area contributed by atoms with Crippen LogP contribution < -0.4 is 0 Å². The van der Waals surface area contributed by atoms with Crippen molar-refractivity contribution in [2.45, 2.75) is 32.4 Å². The van der Waals surface area contributed by atoms with E-state index in [4.69, 9.17) is 4.42 Å². The number of amides is 2. The maximum absolute atomic E-state index is 12.8. The molecule has 0 N–H and O–H groups in total. The Kier molecular flexibility index (Phi) is 4.52. The lowest BCUT2D eigenvalue weighted by Gasteiger charge is -2.27. The van der Waals surface area contributed by atoms with E-state index in [1.165, 1.54) is 16.7 Å². The standard InChI is InChI=1S/C17H20N2O3S/c1-12-7-10-23-15(12)11-18(2)16(20)13-5-3-8-19(13)17(21)14-6-4-9-22-14/h4,6-7,9-10,13H,3,5,8,11H2,1-2H3. The van der Waals surface area contributed by atoms with E-state index in [0.29, 0.717) is 25.3 Å². The zero-order chi connectivity index (χ0) is 16.4. The van der Waals surface area contributed by atoms with E-state index in [1.807, 2.05) is 12.3 Å². The maximum atomic E-state index is 12.8. The Labute approximate surface area is 139 Å². The molecule has 0 bridgehead atoms. The third-order valence-corrected chi connectivity index (χ3v) is 5.26. The van der Waals surface area contributed by atoms with Crippen LogP contribution in [0.25, 0.3) is 0 Å². The summed E-state index contributed by atoms with van der Waals surface area (Å²) in [7, 11) is 1.80. The summed E-state index contributed by atoms with van der Waals surface area (Å²) in [4.78, 5) is 29.8. The predicted molar refractivity (Wildman–Crippen MR) is 88.3 cm³/mol. The van der Waals surface area contributed by atoms with Gasteiger partial charge in [-0.2, -0.15) is 0 Å². The Morgan fingerprint density at radius 3 is 2.91 bits per heavy atom. The average molecular weight is 332 g/mol. The number of carbonyl (C=O) groups excluding carboxylic acids is 2. The largest absolute Gasteiger partial charge is 0.459 e. The Morgan fingerprint density at radius 2 is 2.26 bits per heavy atom. The lowest BCUT2D eigenvalue weighted by Crippen LogP contribution is -2.46. The van der Waals surface area contributed by atoms with Gasteiger partial charge in [-0.3, -0.25) is 9.59 Å². The Balaban J connectivity index is 1.70. The molecular formula is C17H20N2O3S. The molecule has 1 saturated heterocycles. The Morgan fingerprint density at radius 1 is 1.43 bits per heavy atom. The summed E-state index contributed by atoms with van der Waals surface area (Å²) < 4.78 is 5.18. The molecule has 2 aromatic heterocycles. The van der Waals surface area contributed by atoms with Gasteiger partial charge in [-0.1, -0.05) is 0 Å². The van der Waals surface area contributed by atoms with Gasteiger partial charge in [-0.15, -0.1) is 11.3 Å². The first-order valence-electron chi connectivity index (χ1n) is 7.70. The zero-order valence-electron chi connectivity index (χ0n) is 13.3. The van der Waals surface area contributed by atoms with E-state index in [2.05, 4.69) is 6.07 Å². The molecule has 1 aliphatic rings. The quantitative estimate of drug-likeness (QED) is 0.865. The van der Waals surface area contributed by atoms with Crippen molar-refractivity contribution in [3.8, 4) is 0 Å². The van der Waals surface area contributed by atoms with Crippen LogP contribution in [0.2, 0.25) is 0 Å². The average Bonchev–Trinajstić information content (AvgIpc) is 3.28. The molecule has 1 aliphatic heterocycles. The first kappa shape index (κ1) is 15.8. The van der Waals surface area contributed by atoms with Crippen molar-refractivity contribution in [2.24, 2.45) is 0 Å². The summed E-state index contributed by atoms with van der Waals surface area (Å²) in [5, 5.41) is 2.03. The van der Waals surface area contributed by atoms with Crippen LogP contribution in [-0.2, 0) is 11.3 Å². The molecule has 0 aliphatic carbocycles. The van der Waals surface area contributed by atoms with Gasteiger partial charge in [0.05, 0.1) is 12.8 Å². The van der Waals surface area contributed by atoms with Gasteiger partial charge in [0.15, 0.2) is 5.76 Å². The van der Waals surface area contributed by atoms with E-state index in [9.17, 15) is 9.59 Å². The predicted octanol–water partition coefficient (Wildman–Crippen LogP) is 2.91. The minimum Gasteiger partial charge on any atom is -0.459 e. The first-order valence-corrected chi connectivity index (χ1v) is 8.58. The second kappa shape index (κ2) is 6.58. The topological polar surface area (TPSA) is 53.8 Å². The number of nitrogens with zero attached hydrogens (tertiary/aromatic N) is 2. The van der Waals surface area contributed by atoms with Crippen molar-refractivity contribution in [3.63, 3.8) is 0 Å². The number of thiophene rings is 1. The number of likely N-dealkylation sites (N-methyl/N-ethyl adjacent to an activating group) is 1. The van der Waals surface area contributed by atoms with Crippen LogP contribution in [0.15, 0.2) is 34.3 Å². The lowest BCUT2D eigenvalue weighted by atomic mass is 10.2.